The molecule has 27 heavy (non-hydrogen) atoms. The van der Waals surface area contributed by atoms with Crippen molar-refractivity contribution in [2.45, 2.75) is 102 Å². The first-order valence-corrected chi connectivity index (χ1v) is 11.6. The highest BCUT2D eigenvalue weighted by molar-refractivity contribution is 7.99. The smallest absolute Gasteiger partial charge is 0.217 e. The summed E-state index contributed by atoms with van der Waals surface area (Å²) in [6, 6.07) is 1.00. The highest BCUT2D eigenvalue weighted by Gasteiger charge is 2.22. The molecule has 2 saturated carbocycles. The molecule has 2 rings (SSSR count). The average molecular weight is 403 g/mol. The Bertz CT molecular complexity index is 406. The number of carboxylic acids is 1. The van der Waals surface area contributed by atoms with E-state index in [0.29, 0.717) is 5.75 Å². The third kappa shape index (κ3) is 12.3. The van der Waals surface area contributed by atoms with Crippen LogP contribution in [0.25, 0.3) is 0 Å². The largest absolute Gasteiger partial charge is 0.548 e. The van der Waals surface area contributed by atoms with E-state index in [1.165, 1.54) is 82.9 Å². The van der Waals surface area contributed by atoms with Crippen LogP contribution in [0.5, 0.6) is 0 Å². The van der Waals surface area contributed by atoms with Crippen LogP contribution < -0.4 is 15.7 Å². The number of nitrogens with two attached hydrogens (primary N) is 1. The Morgan fingerprint density at radius 2 is 1.52 bits per heavy atom. The van der Waals surface area contributed by atoms with Crippen molar-refractivity contribution < 1.29 is 25.1 Å². The molecule has 2 aliphatic carbocycles. The molecule has 0 bridgehead atoms. The van der Waals surface area contributed by atoms with E-state index in [-0.39, 0.29) is 5.75 Å². The number of thioether (sulfide) groups is 1. The van der Waals surface area contributed by atoms with Crippen molar-refractivity contribution in [2.75, 3.05) is 11.5 Å². The molecule has 0 radical (unpaired) electrons. The Morgan fingerprint density at radius 1 is 1.04 bits per heavy atom. The summed E-state index contributed by atoms with van der Waals surface area (Å²) in [6.45, 7) is 2.86. The molecule has 158 valence electrons. The van der Waals surface area contributed by atoms with Crippen LogP contribution in [0.3, 0.4) is 0 Å². The number of carbonyl (C=O) groups is 2. The third-order valence-corrected chi connectivity index (χ3v) is 6.44. The zero-order chi connectivity index (χ0) is 20.1. The van der Waals surface area contributed by atoms with Gasteiger partial charge >= 0.3 is 0 Å². The lowest BCUT2D eigenvalue weighted by atomic mass is 9.91. The Balaban J connectivity index is 0.000000270. The van der Waals surface area contributed by atoms with Gasteiger partial charge in [0.05, 0.1) is 30.2 Å². The van der Waals surface area contributed by atoms with Crippen molar-refractivity contribution >= 4 is 23.6 Å². The van der Waals surface area contributed by atoms with E-state index in [0.717, 1.165) is 12.1 Å². The van der Waals surface area contributed by atoms with Gasteiger partial charge in [-0.15, -0.1) is 0 Å². The topological polar surface area (TPSA) is 106 Å². The number of aliphatic carboxylic acids is 1. The van der Waals surface area contributed by atoms with Crippen LogP contribution in [-0.4, -0.2) is 52.7 Å². The molecule has 0 saturated heterocycles. The van der Waals surface area contributed by atoms with Gasteiger partial charge < -0.3 is 25.6 Å². The molecule has 4 N–H and O–H groups in total. The molecule has 0 aromatic rings. The van der Waals surface area contributed by atoms with Gasteiger partial charge in [0.15, 0.2) is 0 Å². The molecule has 6 nitrogen and oxygen atoms in total. The summed E-state index contributed by atoms with van der Waals surface area (Å²) in [6.07, 6.45) is 14.5. The Morgan fingerprint density at radius 3 is 1.89 bits per heavy atom. The molecule has 0 aromatic carbocycles. The predicted octanol–water partition coefficient (Wildman–Crippen LogP) is 0.570. The number of quaternary nitrogens is 1. The normalized spacial score (nSPS) is 20.9. The average Bonchev–Trinajstić information content (AvgIpc) is 2.62. The van der Waals surface area contributed by atoms with Crippen LogP contribution >= 0.6 is 11.8 Å². The molecule has 7 heteroatoms. The fourth-order valence-electron chi connectivity index (χ4n) is 3.81. The summed E-state index contributed by atoms with van der Waals surface area (Å²) in [5, 5.41) is 24.4. The SMILES string of the molecule is C1CCC([NH2+]C2CCCCC2)CC1.CC(=O)NC(CSCC(C)O)C(=O)[O-]. The predicted molar refractivity (Wildman–Crippen MR) is 107 cm³/mol. The van der Waals surface area contributed by atoms with Gasteiger partial charge in [0.25, 0.3) is 0 Å². The molecule has 2 atom stereocenters. The van der Waals surface area contributed by atoms with Gasteiger partial charge in [-0.25, -0.2) is 0 Å². The first-order chi connectivity index (χ1) is 12.9. The molecular weight excluding hydrogens is 364 g/mol. The molecule has 0 aliphatic heterocycles. The summed E-state index contributed by atoms with van der Waals surface area (Å²) < 4.78 is 0. The fourth-order valence-corrected chi connectivity index (χ4v) is 4.74. The van der Waals surface area contributed by atoms with Gasteiger partial charge in [-0.3, -0.25) is 4.79 Å². The van der Waals surface area contributed by atoms with Crippen LogP contribution in [0.1, 0.15) is 78.1 Å². The minimum Gasteiger partial charge on any atom is -0.548 e. The quantitative estimate of drug-likeness (QED) is 0.550. The lowest BCUT2D eigenvalue weighted by Gasteiger charge is -2.27. The van der Waals surface area contributed by atoms with Gasteiger partial charge in [0, 0.05) is 18.4 Å². The van der Waals surface area contributed by atoms with Crippen molar-refractivity contribution in [3.8, 4) is 0 Å². The molecule has 0 heterocycles. The first kappa shape index (κ1) is 24.2. The van der Waals surface area contributed by atoms with Crippen LogP contribution in [0.2, 0.25) is 0 Å². The van der Waals surface area contributed by atoms with Crippen molar-refractivity contribution in [1.82, 2.24) is 5.32 Å². The molecule has 2 aliphatic rings. The summed E-state index contributed by atoms with van der Waals surface area (Å²) in [4.78, 5) is 21.1. The molecular formula is C20H38N2O4S. The number of hydrogen-bond acceptors (Lipinski definition) is 5. The van der Waals surface area contributed by atoms with E-state index >= 15 is 0 Å². The zero-order valence-electron chi connectivity index (χ0n) is 17.0. The van der Waals surface area contributed by atoms with Gasteiger partial charge in [-0.2, -0.15) is 11.8 Å². The van der Waals surface area contributed by atoms with Crippen LogP contribution in [0.4, 0.5) is 0 Å². The summed E-state index contributed by atoms with van der Waals surface area (Å²) in [7, 11) is 0. The molecule has 0 aromatic heterocycles. The highest BCUT2D eigenvalue weighted by atomic mass is 32.2. The Hall–Kier alpha value is -0.790. The fraction of sp³-hybridized carbons (Fsp3) is 0.900. The number of hydrogen-bond donors (Lipinski definition) is 3. The third-order valence-electron chi connectivity index (χ3n) is 5.15. The van der Waals surface area contributed by atoms with Crippen LogP contribution in [-0.2, 0) is 9.59 Å². The second-order valence-corrected chi connectivity index (χ2v) is 9.02. The second-order valence-electron chi connectivity index (χ2n) is 7.95. The van der Waals surface area contributed by atoms with Gasteiger partial charge in [0.1, 0.15) is 0 Å². The second kappa shape index (κ2) is 14.2. The highest BCUT2D eigenvalue weighted by Crippen LogP contribution is 2.18. The van der Waals surface area contributed by atoms with Gasteiger partial charge in [0.2, 0.25) is 5.91 Å². The van der Waals surface area contributed by atoms with E-state index in [4.69, 9.17) is 5.11 Å². The van der Waals surface area contributed by atoms with Crippen LogP contribution in [0.15, 0.2) is 0 Å². The molecule has 2 unspecified atom stereocenters. The van der Waals surface area contributed by atoms with Gasteiger partial charge in [-0.1, -0.05) is 12.8 Å². The van der Waals surface area contributed by atoms with Crippen LogP contribution in [0, 0.1) is 0 Å². The first-order valence-electron chi connectivity index (χ1n) is 10.5. The minimum absolute atomic E-state index is 0.201. The molecule has 0 spiro atoms. The number of rotatable bonds is 8. The van der Waals surface area contributed by atoms with Crippen molar-refractivity contribution in [1.29, 1.82) is 0 Å². The minimum atomic E-state index is -1.31. The standard InChI is InChI=1S/C12H23N.C8H15NO4S/c1-3-7-11(8-4-1)13-12-9-5-2-6-10-12;1-5(10)3-14-4-7(8(12)13)9-6(2)11/h11-13H,1-10H2;5,7,10H,3-4H2,1-2H3,(H,9,11)(H,12,13). The van der Waals surface area contributed by atoms with E-state index in [1.54, 1.807) is 6.92 Å². The summed E-state index contributed by atoms with van der Waals surface area (Å²) >= 11 is 1.25. The molecule has 2 fully saturated rings. The maximum Gasteiger partial charge on any atom is 0.217 e. The van der Waals surface area contributed by atoms with E-state index in [1.807, 2.05) is 0 Å². The number of carboxylic acid groups (broad SMARTS) is 1. The maximum absolute atomic E-state index is 10.6. The van der Waals surface area contributed by atoms with E-state index < -0.39 is 24.0 Å². The number of amides is 1. The molecule has 1 amide bonds. The Kier molecular flexibility index (Phi) is 12.8. The van der Waals surface area contributed by atoms with Crippen molar-refractivity contribution in [2.24, 2.45) is 0 Å². The maximum atomic E-state index is 10.6. The van der Waals surface area contributed by atoms with Gasteiger partial charge in [-0.05, 0) is 58.3 Å². The summed E-state index contributed by atoms with van der Waals surface area (Å²) in [5.41, 5.74) is 0. The lowest BCUT2D eigenvalue weighted by molar-refractivity contribution is -0.725. The zero-order valence-corrected chi connectivity index (χ0v) is 17.8. The van der Waals surface area contributed by atoms with E-state index in [9.17, 15) is 14.7 Å². The number of nitrogens with one attached hydrogen (secondary N) is 1. The number of aliphatic hydroxyl groups is 1. The Labute approximate surface area is 168 Å². The number of carbonyl (C=O) groups excluding carboxylic acids is 2. The number of aliphatic hydroxyl groups excluding tert-OH is 1. The monoisotopic (exact) mass is 402 g/mol. The lowest BCUT2D eigenvalue weighted by Crippen LogP contribution is -2.95. The summed E-state index contributed by atoms with van der Waals surface area (Å²) in [5.74, 6) is -1.08. The van der Waals surface area contributed by atoms with Crippen molar-refractivity contribution in [3.63, 3.8) is 0 Å². The van der Waals surface area contributed by atoms with Crippen molar-refractivity contribution in [3.05, 3.63) is 0 Å². The van der Waals surface area contributed by atoms with E-state index in [2.05, 4.69) is 10.6 Å².